The highest BCUT2D eigenvalue weighted by atomic mass is 14.4. The van der Waals surface area contributed by atoms with Gasteiger partial charge in [0.05, 0.1) is 0 Å². The minimum absolute atomic E-state index is 0.388. The summed E-state index contributed by atoms with van der Waals surface area (Å²) in [5.74, 6) is 1.43. The van der Waals surface area contributed by atoms with E-state index < -0.39 is 0 Å². The molecule has 0 aromatic rings. The topological polar surface area (TPSA) is 0 Å². The van der Waals surface area contributed by atoms with Crippen LogP contribution < -0.4 is 0 Å². The zero-order chi connectivity index (χ0) is 12.2. The quantitative estimate of drug-likeness (QED) is 0.559. The fourth-order valence-corrected chi connectivity index (χ4v) is 3.03. The predicted octanol–water partition coefficient (Wildman–Crippen LogP) is 5.36. The number of rotatable bonds is 4. The molecule has 92 valence electrons. The summed E-state index contributed by atoms with van der Waals surface area (Å²) in [6.45, 7) is 13.7. The van der Waals surface area contributed by atoms with Crippen LogP contribution in [0.1, 0.15) is 59.8 Å². The van der Waals surface area contributed by atoms with Gasteiger partial charge < -0.3 is 0 Å². The van der Waals surface area contributed by atoms with Crippen LogP contribution in [0.2, 0.25) is 0 Å². The molecule has 3 unspecified atom stereocenters. The number of hydrogen-bond acceptors (Lipinski definition) is 0. The van der Waals surface area contributed by atoms with Gasteiger partial charge in [-0.05, 0) is 43.4 Å². The zero-order valence-corrected chi connectivity index (χ0v) is 11.6. The monoisotopic (exact) mass is 220 g/mol. The molecular weight excluding hydrogens is 192 g/mol. The van der Waals surface area contributed by atoms with Gasteiger partial charge in [-0.3, -0.25) is 0 Å². The van der Waals surface area contributed by atoms with Crippen molar-refractivity contribution in [1.82, 2.24) is 0 Å². The Labute approximate surface area is 102 Å². The first-order valence-electron chi connectivity index (χ1n) is 6.82. The van der Waals surface area contributed by atoms with Gasteiger partial charge in [0.15, 0.2) is 0 Å². The number of hydrogen-bond donors (Lipinski definition) is 0. The smallest absolute Gasteiger partial charge is 0.00907 e. The largest absolute Gasteiger partial charge is 0.0990 e. The maximum Gasteiger partial charge on any atom is -0.00907 e. The molecule has 0 spiro atoms. The van der Waals surface area contributed by atoms with Crippen molar-refractivity contribution in [1.29, 1.82) is 0 Å². The average molecular weight is 220 g/mol. The summed E-state index contributed by atoms with van der Waals surface area (Å²) < 4.78 is 0. The van der Waals surface area contributed by atoms with Gasteiger partial charge >= 0.3 is 0 Å². The van der Waals surface area contributed by atoms with Gasteiger partial charge in [0.25, 0.3) is 0 Å². The van der Waals surface area contributed by atoms with Crippen molar-refractivity contribution in [3.63, 3.8) is 0 Å². The van der Waals surface area contributed by atoms with Gasteiger partial charge in [-0.15, -0.1) is 0 Å². The minimum atomic E-state index is 0.388. The first-order chi connectivity index (χ1) is 7.52. The van der Waals surface area contributed by atoms with Crippen molar-refractivity contribution < 1.29 is 0 Å². The first kappa shape index (κ1) is 13.5. The summed E-state index contributed by atoms with van der Waals surface area (Å²) >= 11 is 0. The molecule has 0 N–H and O–H groups in total. The van der Waals surface area contributed by atoms with E-state index in [0.29, 0.717) is 11.3 Å². The van der Waals surface area contributed by atoms with Crippen molar-refractivity contribution in [2.75, 3.05) is 0 Å². The van der Waals surface area contributed by atoms with Crippen molar-refractivity contribution in [2.24, 2.45) is 17.3 Å². The van der Waals surface area contributed by atoms with E-state index >= 15 is 0 Å². The third-order valence-electron chi connectivity index (χ3n) is 4.72. The molecule has 0 aromatic carbocycles. The molecule has 1 fully saturated rings. The second-order valence-electron chi connectivity index (χ2n) is 5.80. The first-order valence-corrected chi connectivity index (χ1v) is 6.82. The molecule has 0 nitrogen and oxygen atoms in total. The average Bonchev–Trinajstić information content (AvgIpc) is 2.29. The Balaban J connectivity index is 2.69. The maximum atomic E-state index is 4.42. The van der Waals surface area contributed by atoms with Crippen molar-refractivity contribution >= 4 is 0 Å². The summed E-state index contributed by atoms with van der Waals surface area (Å²) in [7, 11) is 0. The Kier molecular flexibility index (Phi) is 4.83. The Hall–Kier alpha value is -0.520. The second kappa shape index (κ2) is 5.70. The third kappa shape index (κ3) is 2.78. The van der Waals surface area contributed by atoms with Crippen molar-refractivity contribution in [2.45, 2.75) is 59.8 Å². The molecule has 0 aromatic heterocycles. The van der Waals surface area contributed by atoms with E-state index in [0.717, 1.165) is 12.3 Å². The molecule has 0 heteroatoms. The van der Waals surface area contributed by atoms with Crippen molar-refractivity contribution in [3.8, 4) is 0 Å². The van der Waals surface area contributed by atoms with Crippen LogP contribution in [0, 0.1) is 17.3 Å². The van der Waals surface area contributed by atoms with Crippen LogP contribution in [0.5, 0.6) is 0 Å². The highest BCUT2D eigenvalue weighted by molar-refractivity contribution is 5.15. The lowest BCUT2D eigenvalue weighted by atomic mass is 9.62. The highest BCUT2D eigenvalue weighted by Gasteiger charge is 2.37. The normalized spacial score (nSPS) is 32.9. The Morgan fingerprint density at radius 1 is 1.50 bits per heavy atom. The van der Waals surface area contributed by atoms with E-state index in [4.69, 9.17) is 0 Å². The maximum absolute atomic E-state index is 4.42. The molecule has 1 saturated carbocycles. The Bertz CT molecular complexity index is 261. The lowest BCUT2D eigenvalue weighted by Crippen LogP contribution is -2.33. The molecule has 0 amide bonds. The Morgan fingerprint density at radius 3 is 2.75 bits per heavy atom. The van der Waals surface area contributed by atoms with Gasteiger partial charge in [-0.1, -0.05) is 57.9 Å². The van der Waals surface area contributed by atoms with Crippen LogP contribution in [0.15, 0.2) is 24.3 Å². The lowest BCUT2D eigenvalue weighted by molar-refractivity contribution is 0.161. The Morgan fingerprint density at radius 2 is 2.19 bits per heavy atom. The molecular formula is C16H28. The fraction of sp³-hybridized carbons (Fsp3) is 0.750. The van der Waals surface area contributed by atoms with Crippen LogP contribution in [-0.4, -0.2) is 0 Å². The van der Waals surface area contributed by atoms with Gasteiger partial charge in [0.1, 0.15) is 0 Å². The van der Waals surface area contributed by atoms with E-state index in [9.17, 15) is 0 Å². The van der Waals surface area contributed by atoms with E-state index in [-0.39, 0.29) is 0 Å². The second-order valence-corrected chi connectivity index (χ2v) is 5.80. The summed E-state index contributed by atoms with van der Waals surface area (Å²) in [5, 5.41) is 0. The molecule has 0 bridgehead atoms. The van der Waals surface area contributed by atoms with E-state index in [1.54, 1.807) is 0 Å². The van der Waals surface area contributed by atoms with Gasteiger partial charge in [-0.25, -0.2) is 0 Å². The molecule has 0 aliphatic heterocycles. The zero-order valence-electron chi connectivity index (χ0n) is 11.6. The van der Waals surface area contributed by atoms with Crippen LogP contribution >= 0.6 is 0 Å². The summed E-state index contributed by atoms with van der Waals surface area (Å²) in [6, 6.07) is 0. The molecule has 0 heterocycles. The van der Waals surface area contributed by atoms with Crippen LogP contribution in [-0.2, 0) is 0 Å². The highest BCUT2D eigenvalue weighted by Crippen LogP contribution is 2.48. The molecule has 3 atom stereocenters. The molecule has 1 rings (SSSR count). The van der Waals surface area contributed by atoms with Gasteiger partial charge in [0.2, 0.25) is 0 Å². The SMILES string of the molecule is C=C(C(C)C/C=C/C)C1(C)CCCCC1C. The van der Waals surface area contributed by atoms with Crippen LogP contribution in [0.4, 0.5) is 0 Å². The van der Waals surface area contributed by atoms with Crippen LogP contribution in [0.3, 0.4) is 0 Å². The van der Waals surface area contributed by atoms with Gasteiger partial charge in [-0.2, -0.15) is 0 Å². The summed E-state index contributed by atoms with van der Waals surface area (Å²) in [5.41, 5.74) is 1.87. The minimum Gasteiger partial charge on any atom is -0.0990 e. The van der Waals surface area contributed by atoms with Crippen LogP contribution in [0.25, 0.3) is 0 Å². The molecule has 1 aliphatic carbocycles. The molecule has 16 heavy (non-hydrogen) atoms. The fourth-order valence-electron chi connectivity index (χ4n) is 3.03. The summed E-state index contributed by atoms with van der Waals surface area (Å²) in [6.07, 6.45) is 11.1. The number of allylic oxidation sites excluding steroid dienone is 3. The molecule has 1 aliphatic rings. The van der Waals surface area contributed by atoms with E-state index in [1.807, 2.05) is 0 Å². The van der Waals surface area contributed by atoms with E-state index in [2.05, 4.69) is 46.4 Å². The van der Waals surface area contributed by atoms with Crippen molar-refractivity contribution in [3.05, 3.63) is 24.3 Å². The summed E-state index contributed by atoms with van der Waals surface area (Å²) in [4.78, 5) is 0. The van der Waals surface area contributed by atoms with E-state index in [1.165, 1.54) is 31.3 Å². The standard InChI is InChI=1S/C16H28/c1-6-7-10-13(2)15(4)16(5)12-9-8-11-14(16)3/h6-7,13-14H,4,8-12H2,1-3,5H3/b7-6+. The lowest BCUT2D eigenvalue weighted by Gasteiger charge is -2.43. The van der Waals surface area contributed by atoms with Gasteiger partial charge in [0, 0.05) is 0 Å². The third-order valence-corrected chi connectivity index (χ3v) is 4.72. The predicted molar refractivity (Wildman–Crippen MR) is 73.5 cm³/mol. The molecule has 0 saturated heterocycles. The molecule has 0 radical (unpaired) electrons.